The van der Waals surface area contributed by atoms with Crippen molar-refractivity contribution in [3.05, 3.63) is 30.2 Å². The number of rotatable bonds is 6. The van der Waals surface area contributed by atoms with Gasteiger partial charge in [0.25, 0.3) is 5.91 Å². The maximum Gasteiger partial charge on any atom is 0.271 e. The summed E-state index contributed by atoms with van der Waals surface area (Å²) in [5.74, 6) is 0.0361. The Bertz CT molecular complexity index is 753. The van der Waals surface area contributed by atoms with Gasteiger partial charge in [0.05, 0.1) is 6.20 Å². The van der Waals surface area contributed by atoms with Gasteiger partial charge in [-0.15, -0.1) is 0 Å². The summed E-state index contributed by atoms with van der Waals surface area (Å²) in [6, 6.07) is 3.80. The summed E-state index contributed by atoms with van der Waals surface area (Å²) in [5, 5.41) is 10.3. The molecule has 2 atom stereocenters. The lowest BCUT2D eigenvalue weighted by atomic mass is 10.0. The van der Waals surface area contributed by atoms with Crippen molar-refractivity contribution in [2.75, 3.05) is 0 Å². The molecule has 1 aliphatic carbocycles. The minimum absolute atomic E-state index is 0.0637. The average molecular weight is 343 g/mol. The van der Waals surface area contributed by atoms with Gasteiger partial charge >= 0.3 is 0 Å². The molecule has 0 aromatic carbocycles. The van der Waals surface area contributed by atoms with Crippen molar-refractivity contribution in [2.45, 2.75) is 58.0 Å². The standard InChI is InChI=1S/C18H25N5O2/c1-3-12(4-2)17(24)21-13-7-8-14(10-13)22-18(25)15-11-19-16-6-5-9-20-23(15)16/h5-6,9,11-14H,3-4,7-8,10H2,1-2H3,(H,21,24)(H,22,25)/t13-,14+/m0/s1. The Morgan fingerprint density at radius 3 is 2.68 bits per heavy atom. The van der Waals surface area contributed by atoms with E-state index in [1.807, 2.05) is 19.9 Å². The molecule has 2 aromatic heterocycles. The lowest BCUT2D eigenvalue weighted by molar-refractivity contribution is -0.125. The summed E-state index contributed by atoms with van der Waals surface area (Å²) in [5.41, 5.74) is 1.08. The minimum atomic E-state index is -0.178. The fourth-order valence-electron chi connectivity index (χ4n) is 3.47. The first-order chi connectivity index (χ1) is 12.1. The normalized spacial score (nSPS) is 20.1. The van der Waals surface area contributed by atoms with E-state index in [0.717, 1.165) is 32.1 Å². The maximum absolute atomic E-state index is 12.5. The SMILES string of the molecule is CCC(CC)C(=O)N[C@H]1CC[C@@H](NC(=O)c2cnc3cccnn23)C1. The van der Waals surface area contributed by atoms with Crippen molar-refractivity contribution < 1.29 is 9.59 Å². The van der Waals surface area contributed by atoms with Gasteiger partial charge in [-0.2, -0.15) is 5.10 Å². The lowest BCUT2D eigenvalue weighted by Crippen LogP contribution is -2.39. The van der Waals surface area contributed by atoms with Crippen molar-refractivity contribution >= 4 is 17.5 Å². The highest BCUT2D eigenvalue weighted by Gasteiger charge is 2.29. The number of hydrogen-bond donors (Lipinski definition) is 2. The number of aromatic nitrogens is 3. The zero-order valence-corrected chi connectivity index (χ0v) is 14.7. The van der Waals surface area contributed by atoms with E-state index in [1.165, 1.54) is 4.52 Å². The van der Waals surface area contributed by atoms with Gasteiger partial charge in [0.1, 0.15) is 5.69 Å². The van der Waals surface area contributed by atoms with Crippen LogP contribution >= 0.6 is 0 Å². The van der Waals surface area contributed by atoms with Gasteiger partial charge in [0.2, 0.25) is 5.91 Å². The Morgan fingerprint density at radius 2 is 1.96 bits per heavy atom. The zero-order chi connectivity index (χ0) is 17.8. The van der Waals surface area contributed by atoms with E-state index < -0.39 is 0 Å². The van der Waals surface area contributed by atoms with Gasteiger partial charge in [-0.3, -0.25) is 9.59 Å². The van der Waals surface area contributed by atoms with Crippen LogP contribution in [0.1, 0.15) is 56.4 Å². The highest BCUT2D eigenvalue weighted by Crippen LogP contribution is 2.21. The number of nitrogens with zero attached hydrogens (tertiary/aromatic N) is 3. The number of fused-ring (bicyclic) bond motifs is 1. The number of hydrogen-bond acceptors (Lipinski definition) is 4. The second kappa shape index (κ2) is 7.63. The van der Waals surface area contributed by atoms with Crippen molar-refractivity contribution in [1.29, 1.82) is 0 Å². The van der Waals surface area contributed by atoms with Crippen LogP contribution in [0.25, 0.3) is 5.65 Å². The molecule has 0 radical (unpaired) electrons. The van der Waals surface area contributed by atoms with Gasteiger partial charge in [-0.1, -0.05) is 13.8 Å². The van der Waals surface area contributed by atoms with E-state index in [9.17, 15) is 9.59 Å². The number of imidazole rings is 1. The monoisotopic (exact) mass is 343 g/mol. The number of carbonyl (C=O) groups excluding carboxylic acids is 2. The molecule has 25 heavy (non-hydrogen) atoms. The Morgan fingerprint density at radius 1 is 1.24 bits per heavy atom. The molecule has 0 saturated heterocycles. The zero-order valence-electron chi connectivity index (χ0n) is 14.7. The summed E-state index contributed by atoms with van der Waals surface area (Å²) in [6.07, 6.45) is 7.41. The van der Waals surface area contributed by atoms with Crippen molar-refractivity contribution in [3.8, 4) is 0 Å². The second-order valence-electron chi connectivity index (χ2n) is 6.64. The highest BCUT2D eigenvalue weighted by molar-refractivity contribution is 5.93. The van der Waals surface area contributed by atoms with Crippen molar-refractivity contribution in [1.82, 2.24) is 25.2 Å². The van der Waals surface area contributed by atoms with Crippen molar-refractivity contribution in [2.24, 2.45) is 5.92 Å². The molecular weight excluding hydrogens is 318 g/mol. The van der Waals surface area contributed by atoms with Gasteiger partial charge in [-0.25, -0.2) is 9.50 Å². The second-order valence-corrected chi connectivity index (χ2v) is 6.64. The van der Waals surface area contributed by atoms with E-state index in [2.05, 4.69) is 20.7 Å². The molecule has 0 spiro atoms. The molecule has 0 bridgehead atoms. The Labute approximate surface area is 147 Å². The first-order valence-electron chi connectivity index (χ1n) is 9.02. The lowest BCUT2D eigenvalue weighted by Gasteiger charge is -2.18. The van der Waals surface area contributed by atoms with Crippen LogP contribution in [0.3, 0.4) is 0 Å². The molecule has 7 heteroatoms. The molecule has 0 unspecified atom stereocenters. The molecular formula is C18H25N5O2. The third-order valence-corrected chi connectivity index (χ3v) is 4.98. The van der Waals surface area contributed by atoms with Crippen LogP contribution in [0.2, 0.25) is 0 Å². The molecule has 3 rings (SSSR count). The first-order valence-corrected chi connectivity index (χ1v) is 9.02. The molecule has 2 amide bonds. The maximum atomic E-state index is 12.5. The predicted octanol–water partition coefficient (Wildman–Crippen LogP) is 1.93. The van der Waals surface area contributed by atoms with E-state index in [-0.39, 0.29) is 29.8 Å². The summed E-state index contributed by atoms with van der Waals surface area (Å²) >= 11 is 0. The minimum Gasteiger partial charge on any atom is -0.353 e. The first kappa shape index (κ1) is 17.4. The van der Waals surface area contributed by atoms with Gasteiger partial charge in [0.15, 0.2) is 5.65 Å². The van der Waals surface area contributed by atoms with Gasteiger partial charge in [-0.05, 0) is 44.2 Å². The molecule has 0 aliphatic heterocycles. The molecule has 2 N–H and O–H groups in total. The quantitative estimate of drug-likeness (QED) is 0.839. The molecule has 2 heterocycles. The Balaban J connectivity index is 1.56. The molecule has 1 fully saturated rings. The highest BCUT2D eigenvalue weighted by atomic mass is 16.2. The number of amides is 2. The number of nitrogens with one attached hydrogen (secondary N) is 2. The van der Waals surface area contributed by atoms with Crippen LogP contribution < -0.4 is 10.6 Å². The molecule has 134 valence electrons. The Hall–Kier alpha value is -2.44. The third-order valence-electron chi connectivity index (χ3n) is 4.98. The van der Waals surface area contributed by atoms with Crippen LogP contribution in [-0.4, -0.2) is 38.5 Å². The fourth-order valence-corrected chi connectivity index (χ4v) is 3.47. The largest absolute Gasteiger partial charge is 0.353 e. The van der Waals surface area contributed by atoms with E-state index in [1.54, 1.807) is 18.5 Å². The van der Waals surface area contributed by atoms with Crippen molar-refractivity contribution in [3.63, 3.8) is 0 Å². The van der Waals surface area contributed by atoms with Crippen LogP contribution in [0.4, 0.5) is 0 Å². The smallest absolute Gasteiger partial charge is 0.271 e. The number of carbonyl (C=O) groups is 2. The average Bonchev–Trinajstić information content (AvgIpc) is 3.22. The van der Waals surface area contributed by atoms with Gasteiger partial charge < -0.3 is 10.6 Å². The molecule has 2 aromatic rings. The summed E-state index contributed by atoms with van der Waals surface area (Å²) in [7, 11) is 0. The third kappa shape index (κ3) is 3.81. The molecule has 1 aliphatic rings. The van der Waals surface area contributed by atoms with Crippen LogP contribution in [0, 0.1) is 5.92 Å². The van der Waals surface area contributed by atoms with E-state index >= 15 is 0 Å². The van der Waals surface area contributed by atoms with Crippen LogP contribution in [-0.2, 0) is 4.79 Å². The summed E-state index contributed by atoms with van der Waals surface area (Å²) in [6.45, 7) is 4.07. The van der Waals surface area contributed by atoms with Gasteiger partial charge in [0, 0.05) is 24.2 Å². The summed E-state index contributed by atoms with van der Waals surface area (Å²) < 4.78 is 1.54. The molecule has 1 saturated carbocycles. The topological polar surface area (TPSA) is 88.4 Å². The van der Waals surface area contributed by atoms with E-state index in [4.69, 9.17) is 0 Å². The predicted molar refractivity (Wildman–Crippen MR) is 94.1 cm³/mol. The van der Waals surface area contributed by atoms with E-state index in [0.29, 0.717) is 11.3 Å². The molecule has 7 nitrogen and oxygen atoms in total. The van der Waals surface area contributed by atoms with Crippen LogP contribution in [0.5, 0.6) is 0 Å². The summed E-state index contributed by atoms with van der Waals surface area (Å²) in [4.78, 5) is 28.9. The Kier molecular flexibility index (Phi) is 5.31. The fraction of sp³-hybridized carbons (Fsp3) is 0.556. The van der Waals surface area contributed by atoms with Crippen LogP contribution in [0.15, 0.2) is 24.5 Å².